The average Bonchev–Trinajstić information content (AvgIpc) is 3.27. The summed E-state index contributed by atoms with van der Waals surface area (Å²) in [5, 5.41) is 5.02. The molecular weight excluding hydrogens is 471 g/mol. The number of piperidine rings is 1. The molecule has 0 spiro atoms. The quantitative estimate of drug-likeness (QED) is 0.443. The Labute approximate surface area is 209 Å². The Morgan fingerprint density at radius 1 is 1.14 bits per heavy atom. The number of aryl methyl sites for hydroxylation is 1. The third kappa shape index (κ3) is 5.41. The Hall–Kier alpha value is -2.78. The molecule has 0 N–H and O–H groups in total. The van der Waals surface area contributed by atoms with E-state index in [2.05, 4.69) is 20.9 Å². The van der Waals surface area contributed by atoms with Gasteiger partial charge in [-0.1, -0.05) is 11.6 Å². The van der Waals surface area contributed by atoms with Crippen molar-refractivity contribution in [3.63, 3.8) is 0 Å². The molecule has 0 radical (unpaired) electrons. The second-order valence-electron chi connectivity index (χ2n) is 9.63. The molecule has 2 aliphatic rings. The molecule has 2 bridgehead atoms. The van der Waals surface area contributed by atoms with E-state index in [-0.39, 0.29) is 16.9 Å². The minimum absolute atomic E-state index is 0.0845. The molecule has 0 amide bonds. The zero-order valence-corrected chi connectivity index (χ0v) is 21.0. The Kier molecular flexibility index (Phi) is 6.88. The number of nitrogens with zero attached hydrogens (tertiary/aromatic N) is 6. The molecule has 10 heteroatoms. The first kappa shape index (κ1) is 23.9. The summed E-state index contributed by atoms with van der Waals surface area (Å²) in [5.74, 6) is 3.18. The van der Waals surface area contributed by atoms with Gasteiger partial charge in [-0.15, -0.1) is 0 Å². The monoisotopic (exact) mass is 500 g/mol. The van der Waals surface area contributed by atoms with Gasteiger partial charge in [0.25, 0.3) is 0 Å². The van der Waals surface area contributed by atoms with E-state index in [1.807, 2.05) is 13.8 Å². The van der Waals surface area contributed by atoms with E-state index in [0.29, 0.717) is 30.3 Å². The topological polar surface area (TPSA) is 78.2 Å². The number of aromatic nitrogens is 5. The van der Waals surface area contributed by atoms with Crippen molar-refractivity contribution >= 4 is 17.4 Å². The molecule has 1 saturated carbocycles. The van der Waals surface area contributed by atoms with Crippen LogP contribution in [0.3, 0.4) is 0 Å². The van der Waals surface area contributed by atoms with E-state index in [1.54, 1.807) is 24.2 Å². The van der Waals surface area contributed by atoms with Gasteiger partial charge < -0.3 is 14.4 Å². The minimum Gasteiger partial charge on any atom is -0.424 e. The summed E-state index contributed by atoms with van der Waals surface area (Å²) in [6, 6.07) is 6.46. The van der Waals surface area contributed by atoms with Gasteiger partial charge in [0.2, 0.25) is 0 Å². The van der Waals surface area contributed by atoms with Gasteiger partial charge in [-0.05, 0) is 56.6 Å². The first-order valence-corrected chi connectivity index (χ1v) is 12.4. The van der Waals surface area contributed by atoms with Gasteiger partial charge in [0.1, 0.15) is 23.7 Å². The maximum atomic E-state index is 13.8. The van der Waals surface area contributed by atoms with Crippen LogP contribution in [0.5, 0.6) is 11.8 Å². The highest BCUT2D eigenvalue weighted by Gasteiger charge is 2.43. The summed E-state index contributed by atoms with van der Waals surface area (Å²) in [7, 11) is 1.65. The van der Waals surface area contributed by atoms with Crippen molar-refractivity contribution in [2.24, 2.45) is 17.8 Å². The summed E-state index contributed by atoms with van der Waals surface area (Å²) in [5.41, 5.74) is 0.983. The first-order valence-electron chi connectivity index (χ1n) is 12.0. The van der Waals surface area contributed by atoms with E-state index >= 15 is 0 Å². The molecule has 4 atom stereocenters. The van der Waals surface area contributed by atoms with Gasteiger partial charge in [0, 0.05) is 49.5 Å². The Bertz CT molecular complexity index is 1160. The van der Waals surface area contributed by atoms with Crippen LogP contribution < -0.4 is 9.64 Å². The van der Waals surface area contributed by atoms with Crippen LogP contribution in [0.4, 0.5) is 10.2 Å². The van der Waals surface area contributed by atoms with Crippen LogP contribution in [0.15, 0.2) is 30.6 Å². The molecule has 8 nitrogen and oxygen atoms in total. The molecule has 2 fully saturated rings. The number of fused-ring (bicyclic) bond motifs is 2. The fourth-order valence-corrected chi connectivity index (χ4v) is 5.56. The summed E-state index contributed by atoms with van der Waals surface area (Å²) >= 11 is 6.01. The van der Waals surface area contributed by atoms with Crippen LogP contribution in [-0.2, 0) is 17.7 Å². The molecule has 1 aliphatic heterocycles. The average molecular weight is 501 g/mol. The molecule has 1 saturated heterocycles. The van der Waals surface area contributed by atoms with Crippen LogP contribution in [0.1, 0.15) is 31.3 Å². The highest BCUT2D eigenvalue weighted by atomic mass is 35.5. The zero-order chi connectivity index (χ0) is 24.5. The maximum absolute atomic E-state index is 13.8. The molecule has 5 rings (SSSR count). The minimum atomic E-state index is -0.466. The van der Waals surface area contributed by atoms with Crippen LogP contribution in [0, 0.1) is 30.5 Å². The molecule has 186 valence electrons. The molecule has 3 heterocycles. The van der Waals surface area contributed by atoms with Gasteiger partial charge in [-0.3, -0.25) is 0 Å². The molecule has 35 heavy (non-hydrogen) atoms. The number of halogens is 2. The van der Waals surface area contributed by atoms with Gasteiger partial charge in [0.05, 0.1) is 12.6 Å². The number of anilines is 1. The number of ether oxygens (including phenoxy) is 2. The van der Waals surface area contributed by atoms with Gasteiger partial charge in [0.15, 0.2) is 5.82 Å². The largest absolute Gasteiger partial charge is 0.424 e. The van der Waals surface area contributed by atoms with E-state index in [4.69, 9.17) is 31.2 Å². The standard InChI is InChI=1S/C25H30ClFN6O2/c1-15-6-24(29-14-28-15)32-12-17-4-5-18(13-32)22(17)10-23-30-25(33(31-23)11-16(2)34-3)35-21-8-19(26)7-20(27)9-21/h6-9,14,16-18,22H,4-5,10-13H2,1-3H3/t16?,17-,18+,22?. The first-order chi connectivity index (χ1) is 16.9. The van der Waals surface area contributed by atoms with E-state index in [0.717, 1.165) is 36.8 Å². The van der Waals surface area contributed by atoms with E-state index in [1.165, 1.54) is 25.0 Å². The summed E-state index contributed by atoms with van der Waals surface area (Å²) in [4.78, 5) is 15.8. The van der Waals surface area contributed by atoms with Crippen molar-refractivity contribution in [1.82, 2.24) is 24.7 Å². The lowest BCUT2D eigenvalue weighted by Crippen LogP contribution is -2.43. The number of hydrogen-bond acceptors (Lipinski definition) is 7. The normalized spacial score (nSPS) is 22.4. The summed E-state index contributed by atoms with van der Waals surface area (Å²) in [6.07, 6.45) is 4.73. The number of hydrogen-bond donors (Lipinski definition) is 0. The second kappa shape index (κ2) is 10.1. The molecule has 1 aromatic carbocycles. The van der Waals surface area contributed by atoms with Gasteiger partial charge >= 0.3 is 6.01 Å². The summed E-state index contributed by atoms with van der Waals surface area (Å²) in [6.45, 7) is 6.38. The predicted octanol–water partition coefficient (Wildman–Crippen LogP) is 4.70. The SMILES string of the molecule is COC(C)Cn1nc(CC2[C@@H]3CC[C@H]2CN(c2cc(C)ncn2)C3)nc1Oc1cc(F)cc(Cl)c1. The van der Waals surface area contributed by atoms with Crippen molar-refractivity contribution in [2.45, 2.75) is 45.8 Å². The molecular formula is C25H30ClFN6O2. The van der Waals surface area contributed by atoms with Crippen molar-refractivity contribution < 1.29 is 13.9 Å². The van der Waals surface area contributed by atoms with Crippen molar-refractivity contribution in [3.8, 4) is 11.8 Å². The Morgan fingerprint density at radius 3 is 2.60 bits per heavy atom. The van der Waals surface area contributed by atoms with Crippen LogP contribution >= 0.6 is 11.6 Å². The van der Waals surface area contributed by atoms with Crippen LogP contribution in [0.25, 0.3) is 0 Å². The molecule has 3 aromatic rings. The third-order valence-electron chi connectivity index (χ3n) is 7.12. The lowest BCUT2D eigenvalue weighted by Gasteiger charge is -2.38. The van der Waals surface area contributed by atoms with Crippen LogP contribution in [-0.4, -0.2) is 51.0 Å². The van der Waals surface area contributed by atoms with E-state index < -0.39 is 5.82 Å². The molecule has 2 aromatic heterocycles. The number of methoxy groups -OCH3 is 1. The predicted molar refractivity (Wildman–Crippen MR) is 130 cm³/mol. The highest BCUT2D eigenvalue weighted by Crippen LogP contribution is 2.44. The molecule has 1 aliphatic carbocycles. The zero-order valence-electron chi connectivity index (χ0n) is 20.2. The number of rotatable bonds is 8. The number of benzene rings is 1. The van der Waals surface area contributed by atoms with E-state index in [9.17, 15) is 4.39 Å². The van der Waals surface area contributed by atoms with Crippen LogP contribution in [0.2, 0.25) is 5.02 Å². The smallest absolute Gasteiger partial charge is 0.320 e. The van der Waals surface area contributed by atoms with Gasteiger partial charge in [-0.2, -0.15) is 10.1 Å². The fraction of sp³-hybridized carbons (Fsp3) is 0.520. The lowest BCUT2D eigenvalue weighted by atomic mass is 9.82. The molecule has 2 unspecified atom stereocenters. The van der Waals surface area contributed by atoms with Crippen molar-refractivity contribution in [1.29, 1.82) is 0 Å². The lowest BCUT2D eigenvalue weighted by molar-refractivity contribution is 0.0972. The highest BCUT2D eigenvalue weighted by molar-refractivity contribution is 6.30. The second-order valence-corrected chi connectivity index (χ2v) is 10.1. The Morgan fingerprint density at radius 2 is 1.91 bits per heavy atom. The van der Waals surface area contributed by atoms with Crippen molar-refractivity contribution in [2.75, 3.05) is 25.1 Å². The maximum Gasteiger partial charge on any atom is 0.320 e. The van der Waals surface area contributed by atoms with Crippen molar-refractivity contribution in [3.05, 3.63) is 53.0 Å². The summed E-state index contributed by atoms with van der Waals surface area (Å²) < 4.78 is 26.9. The Balaban J connectivity index is 1.34. The third-order valence-corrected chi connectivity index (χ3v) is 7.34. The fourth-order valence-electron chi connectivity index (χ4n) is 5.34. The van der Waals surface area contributed by atoms with Gasteiger partial charge in [-0.25, -0.2) is 19.0 Å².